The van der Waals surface area contributed by atoms with Crippen LogP contribution in [-0.4, -0.2) is 10.8 Å². The van der Waals surface area contributed by atoms with Crippen LogP contribution in [0.1, 0.15) is 12.8 Å². The number of hydrogen-bond donors (Lipinski definition) is 0. The lowest BCUT2D eigenvalue weighted by atomic mass is 10.5. The maximum Gasteiger partial charge on any atom is 0.0583 e. The van der Waals surface area contributed by atoms with Crippen LogP contribution in [0.4, 0.5) is 0 Å². The maximum atomic E-state index is 5.70. The number of alkyl halides is 2. The second kappa shape index (κ2) is 1.28. The van der Waals surface area contributed by atoms with Gasteiger partial charge in [0.05, 0.1) is 4.87 Å². The summed E-state index contributed by atoms with van der Waals surface area (Å²) in [6, 6.07) is 0. The highest BCUT2D eigenvalue weighted by Crippen LogP contribution is 2.43. The summed E-state index contributed by atoms with van der Waals surface area (Å²) >= 11 is 11.1. The van der Waals surface area contributed by atoms with Crippen LogP contribution in [0.2, 0.25) is 0 Å². The van der Waals surface area contributed by atoms with Crippen molar-refractivity contribution in [3.63, 3.8) is 0 Å². The molecule has 6 heavy (non-hydrogen) atoms. The van der Waals surface area contributed by atoms with E-state index < -0.39 is 0 Å². The summed E-state index contributed by atoms with van der Waals surface area (Å²) < 4.78 is 0. The first kappa shape index (κ1) is 4.73. The molecule has 0 heterocycles. The molecule has 1 saturated carbocycles. The Kier molecular flexibility index (Phi) is 1.01. The lowest BCUT2D eigenvalue weighted by Gasteiger charge is -1.91. The van der Waals surface area contributed by atoms with Crippen molar-refractivity contribution in [1.82, 2.24) is 0 Å². The highest BCUT2D eigenvalue weighted by atomic mass is 35.5. The van der Waals surface area contributed by atoms with Gasteiger partial charge in [-0.15, -0.1) is 23.2 Å². The van der Waals surface area contributed by atoms with E-state index in [1.165, 1.54) is 0 Å². The fourth-order valence-corrected chi connectivity index (χ4v) is 0.631. The SMILES string of the molecule is ClCC1(Cl)CC1. The number of hydrogen-bond acceptors (Lipinski definition) is 0. The van der Waals surface area contributed by atoms with Gasteiger partial charge >= 0.3 is 0 Å². The molecule has 1 aliphatic rings. The van der Waals surface area contributed by atoms with Gasteiger partial charge in [0.15, 0.2) is 0 Å². The van der Waals surface area contributed by atoms with E-state index in [-0.39, 0.29) is 4.87 Å². The fourth-order valence-electron chi connectivity index (χ4n) is 0.269. The quantitative estimate of drug-likeness (QED) is 0.470. The molecule has 0 unspecified atom stereocenters. The van der Waals surface area contributed by atoms with Crippen LogP contribution in [0.5, 0.6) is 0 Å². The third kappa shape index (κ3) is 0.797. The van der Waals surface area contributed by atoms with Crippen molar-refractivity contribution in [2.24, 2.45) is 0 Å². The molecule has 0 nitrogen and oxygen atoms in total. The predicted octanol–water partition coefficient (Wildman–Crippen LogP) is 2.00. The molecule has 0 aromatic rings. The Labute approximate surface area is 47.4 Å². The van der Waals surface area contributed by atoms with Crippen LogP contribution in [0, 0.1) is 0 Å². The van der Waals surface area contributed by atoms with Crippen molar-refractivity contribution in [2.45, 2.75) is 17.7 Å². The van der Waals surface area contributed by atoms with Crippen LogP contribution in [-0.2, 0) is 0 Å². The van der Waals surface area contributed by atoms with Gasteiger partial charge in [-0.2, -0.15) is 0 Å². The van der Waals surface area contributed by atoms with E-state index in [4.69, 9.17) is 23.2 Å². The van der Waals surface area contributed by atoms with Crippen LogP contribution in [0.15, 0.2) is 0 Å². The molecule has 0 spiro atoms. The molecule has 0 aromatic heterocycles. The van der Waals surface area contributed by atoms with E-state index in [9.17, 15) is 0 Å². The largest absolute Gasteiger partial charge is 0.125 e. The Balaban J connectivity index is 2.28. The van der Waals surface area contributed by atoms with E-state index in [1.54, 1.807) is 0 Å². The molecule has 36 valence electrons. The third-order valence-corrected chi connectivity index (χ3v) is 2.19. The maximum absolute atomic E-state index is 5.70. The summed E-state index contributed by atoms with van der Waals surface area (Å²) in [5, 5.41) is 0. The average Bonchev–Trinajstić information content (AvgIpc) is 2.22. The summed E-state index contributed by atoms with van der Waals surface area (Å²) in [5.74, 6) is 0.620. The van der Waals surface area contributed by atoms with Gasteiger partial charge < -0.3 is 0 Å². The van der Waals surface area contributed by atoms with Crippen molar-refractivity contribution in [1.29, 1.82) is 0 Å². The molecule has 1 aliphatic carbocycles. The van der Waals surface area contributed by atoms with Gasteiger partial charge in [0.25, 0.3) is 0 Å². The van der Waals surface area contributed by atoms with E-state index in [2.05, 4.69) is 0 Å². The smallest absolute Gasteiger partial charge is 0.0583 e. The first-order valence-electron chi connectivity index (χ1n) is 2.02. The van der Waals surface area contributed by atoms with Crippen LogP contribution in [0.3, 0.4) is 0 Å². The number of rotatable bonds is 1. The Morgan fingerprint density at radius 1 is 1.50 bits per heavy atom. The molecule has 0 amide bonds. The van der Waals surface area contributed by atoms with E-state index in [0.29, 0.717) is 5.88 Å². The molecule has 0 atom stereocenters. The minimum Gasteiger partial charge on any atom is -0.125 e. The molecule has 0 aromatic carbocycles. The van der Waals surface area contributed by atoms with Gasteiger partial charge in [0.2, 0.25) is 0 Å². The molecule has 0 N–H and O–H groups in total. The highest BCUT2D eigenvalue weighted by molar-refractivity contribution is 6.32. The molecule has 0 radical (unpaired) electrons. The Hall–Kier alpha value is 0.580. The molecule has 0 aliphatic heterocycles. The summed E-state index contributed by atoms with van der Waals surface area (Å²) in [5.41, 5.74) is 0. The lowest BCUT2D eigenvalue weighted by molar-refractivity contribution is 1.04. The van der Waals surface area contributed by atoms with Gasteiger partial charge in [-0.3, -0.25) is 0 Å². The summed E-state index contributed by atoms with van der Waals surface area (Å²) in [6.07, 6.45) is 2.22. The normalized spacial score (nSPS) is 27.0. The lowest BCUT2D eigenvalue weighted by Crippen LogP contribution is -1.95. The van der Waals surface area contributed by atoms with E-state index >= 15 is 0 Å². The topological polar surface area (TPSA) is 0 Å². The third-order valence-electron chi connectivity index (χ3n) is 1.03. The Bertz CT molecular complexity index is 56.6. The van der Waals surface area contributed by atoms with Crippen LogP contribution < -0.4 is 0 Å². The van der Waals surface area contributed by atoms with Crippen LogP contribution >= 0.6 is 23.2 Å². The predicted molar refractivity (Wildman–Crippen MR) is 28.5 cm³/mol. The minimum atomic E-state index is 0.0293. The summed E-state index contributed by atoms with van der Waals surface area (Å²) in [6.45, 7) is 0. The molecule has 1 rings (SSSR count). The van der Waals surface area contributed by atoms with Crippen molar-refractivity contribution < 1.29 is 0 Å². The van der Waals surface area contributed by atoms with Gasteiger partial charge in [-0.25, -0.2) is 0 Å². The van der Waals surface area contributed by atoms with Crippen molar-refractivity contribution in [2.75, 3.05) is 5.88 Å². The first-order valence-corrected chi connectivity index (χ1v) is 2.93. The molecule has 0 bridgehead atoms. The average molecular weight is 125 g/mol. The standard InChI is InChI=1S/C4H6Cl2/c5-3-4(6)1-2-4/h1-3H2. The minimum absolute atomic E-state index is 0.0293. The Morgan fingerprint density at radius 3 is 2.00 bits per heavy atom. The zero-order valence-corrected chi connectivity index (χ0v) is 4.89. The van der Waals surface area contributed by atoms with Crippen LogP contribution in [0.25, 0.3) is 0 Å². The fraction of sp³-hybridized carbons (Fsp3) is 1.00. The monoisotopic (exact) mass is 124 g/mol. The Morgan fingerprint density at radius 2 is 2.00 bits per heavy atom. The van der Waals surface area contributed by atoms with Gasteiger partial charge in [-0.1, -0.05) is 0 Å². The van der Waals surface area contributed by atoms with Gasteiger partial charge in [-0.05, 0) is 12.8 Å². The van der Waals surface area contributed by atoms with Crippen molar-refractivity contribution in [3.05, 3.63) is 0 Å². The summed E-state index contributed by atoms with van der Waals surface area (Å²) in [4.78, 5) is 0.0293. The molecule has 0 saturated heterocycles. The number of halogens is 2. The molecular weight excluding hydrogens is 119 g/mol. The molecular formula is C4H6Cl2. The second-order valence-corrected chi connectivity index (χ2v) is 2.85. The van der Waals surface area contributed by atoms with Gasteiger partial charge in [0.1, 0.15) is 0 Å². The highest BCUT2D eigenvalue weighted by Gasteiger charge is 2.39. The molecule has 1 fully saturated rings. The summed E-state index contributed by atoms with van der Waals surface area (Å²) in [7, 11) is 0. The van der Waals surface area contributed by atoms with E-state index in [0.717, 1.165) is 12.8 Å². The molecule has 2 heteroatoms. The zero-order valence-electron chi connectivity index (χ0n) is 3.38. The zero-order chi connectivity index (χ0) is 4.62. The van der Waals surface area contributed by atoms with Crippen molar-refractivity contribution >= 4 is 23.2 Å². The van der Waals surface area contributed by atoms with E-state index in [1.807, 2.05) is 0 Å². The van der Waals surface area contributed by atoms with Crippen molar-refractivity contribution in [3.8, 4) is 0 Å². The van der Waals surface area contributed by atoms with Gasteiger partial charge in [0, 0.05) is 5.88 Å². The first-order chi connectivity index (χ1) is 2.77. The second-order valence-electron chi connectivity index (χ2n) is 1.78.